The first-order valence-corrected chi connectivity index (χ1v) is 8.85. The lowest BCUT2D eigenvalue weighted by molar-refractivity contribution is 0.0516. The van der Waals surface area contributed by atoms with E-state index in [1.807, 2.05) is 0 Å². The monoisotopic (exact) mass is 400 g/mol. The molecule has 0 saturated carbocycles. The number of carbonyl (C=O) groups excluding carboxylic acids is 2. The molecule has 1 heterocycles. The van der Waals surface area contributed by atoms with Gasteiger partial charge in [-0.3, -0.25) is 4.79 Å². The number of nitrogens with zero attached hydrogens (tertiary/aromatic N) is 2. The van der Waals surface area contributed by atoms with Crippen LogP contribution in [-0.4, -0.2) is 28.8 Å². The van der Waals surface area contributed by atoms with Crippen molar-refractivity contribution in [2.75, 3.05) is 6.61 Å². The molecule has 5 nitrogen and oxygen atoms in total. The molecule has 136 valence electrons. The molecule has 0 spiro atoms. The van der Waals surface area contributed by atoms with Crippen molar-refractivity contribution in [3.8, 4) is 22.5 Å². The molecule has 0 saturated heterocycles. The third-order valence-corrected chi connectivity index (χ3v) is 4.24. The van der Waals surface area contributed by atoms with Crippen LogP contribution in [0, 0.1) is 0 Å². The number of benzene rings is 2. The summed E-state index contributed by atoms with van der Waals surface area (Å²) in [5, 5.41) is 1.13. The largest absolute Gasteiger partial charge is 0.461 e. The fraction of sp³-hybridized carbons (Fsp3) is 0.100. The molecule has 0 atom stereocenters. The van der Waals surface area contributed by atoms with E-state index >= 15 is 0 Å². The van der Waals surface area contributed by atoms with Crippen LogP contribution >= 0.6 is 23.2 Å². The van der Waals surface area contributed by atoms with Gasteiger partial charge in [0.1, 0.15) is 5.69 Å². The number of rotatable bonds is 5. The van der Waals surface area contributed by atoms with Crippen molar-refractivity contribution in [3.05, 3.63) is 70.0 Å². The second-order valence-corrected chi connectivity index (χ2v) is 6.38. The van der Waals surface area contributed by atoms with Crippen LogP contribution in [0.2, 0.25) is 10.0 Å². The Labute approximate surface area is 165 Å². The highest BCUT2D eigenvalue weighted by Gasteiger charge is 2.21. The predicted molar refractivity (Wildman–Crippen MR) is 104 cm³/mol. The number of ether oxygens (including phenoxy) is 1. The maximum absolute atomic E-state index is 12.2. The number of carbonyl (C=O) groups is 2. The van der Waals surface area contributed by atoms with Crippen molar-refractivity contribution in [3.63, 3.8) is 0 Å². The lowest BCUT2D eigenvalue weighted by Crippen LogP contribution is -2.14. The van der Waals surface area contributed by atoms with Crippen LogP contribution < -0.4 is 0 Å². The van der Waals surface area contributed by atoms with Crippen molar-refractivity contribution in [1.29, 1.82) is 0 Å². The van der Waals surface area contributed by atoms with E-state index in [2.05, 4.69) is 9.97 Å². The average molecular weight is 401 g/mol. The van der Waals surface area contributed by atoms with E-state index < -0.39 is 5.97 Å². The van der Waals surface area contributed by atoms with Crippen LogP contribution in [0.15, 0.2) is 48.5 Å². The third kappa shape index (κ3) is 4.15. The van der Waals surface area contributed by atoms with E-state index in [0.717, 1.165) is 0 Å². The van der Waals surface area contributed by atoms with Gasteiger partial charge in [0, 0.05) is 21.2 Å². The molecule has 27 heavy (non-hydrogen) atoms. The molecule has 0 bridgehead atoms. The van der Waals surface area contributed by atoms with Gasteiger partial charge < -0.3 is 4.74 Å². The first-order valence-electron chi connectivity index (χ1n) is 8.09. The molecule has 0 aliphatic rings. The molecule has 3 aromatic rings. The molecule has 2 aromatic carbocycles. The van der Waals surface area contributed by atoms with Gasteiger partial charge in [-0.25, -0.2) is 14.8 Å². The molecule has 0 fully saturated rings. The Hall–Kier alpha value is -2.76. The van der Waals surface area contributed by atoms with E-state index in [-0.39, 0.29) is 18.0 Å². The number of aromatic nitrogens is 2. The van der Waals surface area contributed by atoms with E-state index in [4.69, 9.17) is 27.9 Å². The highest BCUT2D eigenvalue weighted by molar-refractivity contribution is 6.31. The summed E-state index contributed by atoms with van der Waals surface area (Å²) in [4.78, 5) is 32.6. The van der Waals surface area contributed by atoms with Crippen molar-refractivity contribution < 1.29 is 14.3 Å². The fourth-order valence-electron chi connectivity index (χ4n) is 2.50. The van der Waals surface area contributed by atoms with Crippen molar-refractivity contribution >= 4 is 35.5 Å². The predicted octanol–water partition coefficient (Wildman–Crippen LogP) is 5.11. The third-order valence-electron chi connectivity index (χ3n) is 3.74. The minimum absolute atomic E-state index is 0.0869. The van der Waals surface area contributed by atoms with Gasteiger partial charge >= 0.3 is 5.97 Å². The standard InChI is InChI=1S/C20H14Cl2N2O3/c1-2-27-20(26)19-16(11-25)23-17(12-3-7-14(21)8-4-12)18(24-19)13-5-9-15(22)10-6-13/h3-11H,2H2,1H3. The summed E-state index contributed by atoms with van der Waals surface area (Å²) in [7, 11) is 0. The Morgan fingerprint density at radius 2 is 1.41 bits per heavy atom. The van der Waals surface area contributed by atoms with Crippen LogP contribution in [0.3, 0.4) is 0 Å². The Balaban J connectivity index is 2.26. The first kappa shape index (κ1) is 19.0. The second kappa shape index (κ2) is 8.29. The smallest absolute Gasteiger partial charge is 0.359 e. The van der Waals surface area contributed by atoms with E-state index in [9.17, 15) is 9.59 Å². The van der Waals surface area contributed by atoms with Crippen molar-refractivity contribution in [2.24, 2.45) is 0 Å². The highest BCUT2D eigenvalue weighted by Crippen LogP contribution is 2.31. The Morgan fingerprint density at radius 1 is 0.926 bits per heavy atom. The Kier molecular flexibility index (Phi) is 5.84. The summed E-state index contributed by atoms with van der Waals surface area (Å²) in [5.41, 5.74) is 2.06. The van der Waals surface area contributed by atoms with Crippen LogP contribution in [0.5, 0.6) is 0 Å². The lowest BCUT2D eigenvalue weighted by Gasteiger charge is -2.12. The topological polar surface area (TPSA) is 69.2 Å². The maximum atomic E-state index is 12.2. The van der Waals surface area contributed by atoms with Gasteiger partial charge in [0.2, 0.25) is 0 Å². The zero-order valence-corrected chi connectivity index (χ0v) is 15.8. The quantitative estimate of drug-likeness (QED) is 0.439. The van der Waals surface area contributed by atoms with Crippen LogP contribution in [0.4, 0.5) is 0 Å². The Bertz CT molecular complexity index is 987. The zero-order valence-electron chi connectivity index (χ0n) is 14.3. The molecule has 3 rings (SSSR count). The average Bonchev–Trinajstić information content (AvgIpc) is 2.68. The minimum atomic E-state index is -0.704. The number of hydrogen-bond acceptors (Lipinski definition) is 5. The summed E-state index contributed by atoms with van der Waals surface area (Å²) < 4.78 is 5.00. The van der Waals surface area contributed by atoms with Crippen molar-refractivity contribution in [1.82, 2.24) is 9.97 Å². The van der Waals surface area contributed by atoms with Gasteiger partial charge in [0.05, 0.1) is 18.0 Å². The normalized spacial score (nSPS) is 10.5. The molecule has 0 N–H and O–H groups in total. The number of aldehydes is 1. The lowest BCUT2D eigenvalue weighted by atomic mass is 10.0. The van der Waals surface area contributed by atoms with E-state index in [0.29, 0.717) is 38.8 Å². The van der Waals surface area contributed by atoms with Crippen LogP contribution in [0.1, 0.15) is 27.9 Å². The minimum Gasteiger partial charge on any atom is -0.461 e. The molecule has 0 amide bonds. The van der Waals surface area contributed by atoms with Gasteiger partial charge in [-0.05, 0) is 31.2 Å². The SMILES string of the molecule is CCOC(=O)c1nc(-c2ccc(Cl)cc2)c(-c2ccc(Cl)cc2)nc1C=O. The van der Waals surface area contributed by atoms with Gasteiger partial charge in [-0.2, -0.15) is 0 Å². The number of esters is 1. The van der Waals surface area contributed by atoms with Gasteiger partial charge in [-0.15, -0.1) is 0 Å². The van der Waals surface area contributed by atoms with E-state index in [1.165, 1.54) is 0 Å². The van der Waals surface area contributed by atoms with Gasteiger partial charge in [0.15, 0.2) is 12.0 Å². The summed E-state index contributed by atoms with van der Waals surface area (Å²) in [6.45, 7) is 1.84. The molecule has 7 heteroatoms. The molecule has 1 aromatic heterocycles. The summed E-state index contributed by atoms with van der Waals surface area (Å²) in [6.07, 6.45) is 0.490. The summed E-state index contributed by atoms with van der Waals surface area (Å²) in [5.74, 6) is -0.704. The van der Waals surface area contributed by atoms with Crippen LogP contribution in [-0.2, 0) is 4.74 Å². The fourth-order valence-corrected chi connectivity index (χ4v) is 2.75. The molecule has 0 unspecified atom stereocenters. The van der Waals surface area contributed by atoms with Crippen molar-refractivity contribution in [2.45, 2.75) is 6.92 Å². The van der Waals surface area contributed by atoms with Crippen LogP contribution in [0.25, 0.3) is 22.5 Å². The zero-order chi connectivity index (χ0) is 19.4. The van der Waals surface area contributed by atoms with Gasteiger partial charge in [0.25, 0.3) is 0 Å². The summed E-state index contributed by atoms with van der Waals surface area (Å²) >= 11 is 11.9. The maximum Gasteiger partial charge on any atom is 0.359 e. The second-order valence-electron chi connectivity index (χ2n) is 5.51. The highest BCUT2D eigenvalue weighted by atomic mass is 35.5. The summed E-state index contributed by atoms with van der Waals surface area (Å²) in [6, 6.07) is 13.9. The Morgan fingerprint density at radius 3 is 1.85 bits per heavy atom. The molecule has 0 radical (unpaired) electrons. The van der Waals surface area contributed by atoms with E-state index in [1.54, 1.807) is 55.5 Å². The molecule has 0 aliphatic carbocycles. The first-order chi connectivity index (χ1) is 13.0. The molecular weight excluding hydrogens is 387 g/mol. The van der Waals surface area contributed by atoms with Gasteiger partial charge in [-0.1, -0.05) is 47.5 Å². The molecule has 0 aliphatic heterocycles. The molecular formula is C20H14Cl2N2O3. The number of hydrogen-bond donors (Lipinski definition) is 0. The number of halogens is 2.